The lowest BCUT2D eigenvalue weighted by Gasteiger charge is -2.30. The summed E-state index contributed by atoms with van der Waals surface area (Å²) in [5, 5.41) is 0. The van der Waals surface area contributed by atoms with E-state index < -0.39 is 0 Å². The molecule has 1 aromatic carbocycles. The molecule has 3 rings (SSSR count). The van der Waals surface area contributed by atoms with Crippen LogP contribution in [0, 0.1) is 10.7 Å². The number of fused-ring (bicyclic) bond motifs is 1. The van der Waals surface area contributed by atoms with E-state index in [-0.39, 0.29) is 0 Å². The van der Waals surface area contributed by atoms with Gasteiger partial charge in [0, 0.05) is 6.04 Å². The van der Waals surface area contributed by atoms with Crippen LogP contribution >= 0.6 is 12.2 Å². The standard InChI is InChI=1S/C15H20N2OS/c1-10-6-3-4-7-11(10)17-12-8-5-9-13(18-2)14(12)16-15(17)19/h5,8-11H,3-4,6-7H2,1-2H3,(H,16,19). The Balaban J connectivity index is 2.18. The van der Waals surface area contributed by atoms with Gasteiger partial charge in [0.05, 0.1) is 12.6 Å². The van der Waals surface area contributed by atoms with E-state index in [4.69, 9.17) is 17.0 Å². The van der Waals surface area contributed by atoms with Crippen LogP contribution in [0.5, 0.6) is 5.75 Å². The molecule has 2 aromatic rings. The molecule has 4 heteroatoms. The monoisotopic (exact) mass is 276 g/mol. The minimum absolute atomic E-state index is 0.516. The van der Waals surface area contributed by atoms with E-state index >= 15 is 0 Å². The highest BCUT2D eigenvalue weighted by Gasteiger charge is 2.25. The van der Waals surface area contributed by atoms with Crippen LogP contribution in [0.15, 0.2) is 18.2 Å². The molecule has 0 amide bonds. The minimum Gasteiger partial charge on any atom is -0.494 e. The third-order valence-electron chi connectivity index (χ3n) is 4.33. The van der Waals surface area contributed by atoms with E-state index in [0.29, 0.717) is 12.0 Å². The number of methoxy groups -OCH3 is 1. The van der Waals surface area contributed by atoms with Gasteiger partial charge in [-0.3, -0.25) is 0 Å². The summed E-state index contributed by atoms with van der Waals surface area (Å²) in [6, 6.07) is 6.66. The second-order valence-electron chi connectivity index (χ2n) is 5.48. The summed E-state index contributed by atoms with van der Waals surface area (Å²) >= 11 is 5.55. The third-order valence-corrected chi connectivity index (χ3v) is 4.63. The first-order valence-corrected chi connectivity index (χ1v) is 7.40. The molecule has 102 valence electrons. The number of nitrogens with zero attached hydrogens (tertiary/aromatic N) is 1. The van der Waals surface area contributed by atoms with Crippen LogP contribution in [0.2, 0.25) is 0 Å². The van der Waals surface area contributed by atoms with Crippen molar-refractivity contribution in [3.05, 3.63) is 23.0 Å². The van der Waals surface area contributed by atoms with Crippen molar-refractivity contribution in [2.45, 2.75) is 38.6 Å². The normalized spacial score (nSPS) is 23.7. The van der Waals surface area contributed by atoms with Crippen LogP contribution in [-0.2, 0) is 0 Å². The van der Waals surface area contributed by atoms with Crippen molar-refractivity contribution < 1.29 is 4.74 Å². The number of aromatic amines is 1. The Kier molecular flexibility index (Phi) is 3.35. The number of imidazole rings is 1. The molecule has 1 aliphatic rings. The number of aromatic nitrogens is 2. The van der Waals surface area contributed by atoms with Gasteiger partial charge in [0.25, 0.3) is 0 Å². The zero-order chi connectivity index (χ0) is 13.4. The molecule has 1 saturated carbocycles. The first kappa shape index (κ1) is 12.7. The highest BCUT2D eigenvalue weighted by molar-refractivity contribution is 7.71. The van der Waals surface area contributed by atoms with Crippen molar-refractivity contribution in [1.29, 1.82) is 0 Å². The van der Waals surface area contributed by atoms with Crippen molar-refractivity contribution in [2.24, 2.45) is 5.92 Å². The van der Waals surface area contributed by atoms with Crippen LogP contribution in [0.1, 0.15) is 38.6 Å². The van der Waals surface area contributed by atoms with Crippen LogP contribution in [-0.4, -0.2) is 16.7 Å². The van der Waals surface area contributed by atoms with E-state index in [1.54, 1.807) is 7.11 Å². The average molecular weight is 276 g/mol. The quantitative estimate of drug-likeness (QED) is 0.821. The Labute approximate surface area is 118 Å². The van der Waals surface area contributed by atoms with E-state index in [1.807, 2.05) is 12.1 Å². The Bertz CT molecular complexity index is 643. The van der Waals surface area contributed by atoms with Gasteiger partial charge >= 0.3 is 0 Å². The molecule has 0 saturated heterocycles. The Hall–Kier alpha value is -1.29. The van der Waals surface area contributed by atoms with Gasteiger partial charge in [-0.2, -0.15) is 0 Å². The van der Waals surface area contributed by atoms with Gasteiger partial charge in [0.2, 0.25) is 0 Å². The SMILES string of the molecule is COc1cccc2c1[nH]c(=S)n2C1CCCCC1C. The maximum absolute atomic E-state index is 5.55. The summed E-state index contributed by atoms with van der Waals surface area (Å²) in [6.07, 6.45) is 5.16. The Morgan fingerprint density at radius 3 is 2.84 bits per heavy atom. The molecule has 19 heavy (non-hydrogen) atoms. The summed E-state index contributed by atoms with van der Waals surface area (Å²) in [5.74, 6) is 1.55. The fourth-order valence-corrected chi connectivity index (χ4v) is 3.64. The van der Waals surface area contributed by atoms with Gasteiger partial charge in [0.15, 0.2) is 4.77 Å². The molecular weight excluding hydrogens is 256 g/mol. The van der Waals surface area contributed by atoms with E-state index in [2.05, 4.69) is 22.5 Å². The number of H-pyrrole nitrogens is 1. The number of rotatable bonds is 2. The second kappa shape index (κ2) is 5.00. The first-order chi connectivity index (χ1) is 9.22. The molecule has 3 nitrogen and oxygen atoms in total. The number of hydrogen-bond donors (Lipinski definition) is 1. The van der Waals surface area contributed by atoms with Gasteiger partial charge in [-0.05, 0) is 43.1 Å². The van der Waals surface area contributed by atoms with Gasteiger partial charge in [-0.1, -0.05) is 25.8 Å². The second-order valence-corrected chi connectivity index (χ2v) is 5.87. The van der Waals surface area contributed by atoms with Crippen LogP contribution < -0.4 is 4.74 Å². The van der Waals surface area contributed by atoms with Crippen molar-refractivity contribution >= 4 is 23.3 Å². The van der Waals surface area contributed by atoms with Crippen molar-refractivity contribution in [1.82, 2.24) is 9.55 Å². The lowest BCUT2D eigenvalue weighted by molar-refractivity contribution is 0.260. The average Bonchev–Trinajstić information content (AvgIpc) is 2.75. The van der Waals surface area contributed by atoms with Gasteiger partial charge in [-0.15, -0.1) is 0 Å². The zero-order valence-corrected chi connectivity index (χ0v) is 12.3. The zero-order valence-electron chi connectivity index (χ0n) is 11.5. The number of nitrogens with one attached hydrogen (secondary N) is 1. The molecule has 1 N–H and O–H groups in total. The molecular formula is C15H20N2OS. The van der Waals surface area contributed by atoms with E-state index in [9.17, 15) is 0 Å². The maximum Gasteiger partial charge on any atom is 0.178 e. The number of ether oxygens (including phenoxy) is 1. The van der Waals surface area contributed by atoms with Crippen molar-refractivity contribution in [3.63, 3.8) is 0 Å². The molecule has 1 heterocycles. The molecule has 0 radical (unpaired) electrons. The molecule has 0 spiro atoms. The molecule has 0 aliphatic heterocycles. The predicted octanol–water partition coefficient (Wildman–Crippen LogP) is 4.46. The van der Waals surface area contributed by atoms with Crippen molar-refractivity contribution in [3.8, 4) is 5.75 Å². The lowest BCUT2D eigenvalue weighted by Crippen LogP contribution is -2.21. The number of benzene rings is 1. The van der Waals surface area contributed by atoms with Crippen molar-refractivity contribution in [2.75, 3.05) is 7.11 Å². The molecule has 1 fully saturated rings. The molecule has 2 unspecified atom stereocenters. The van der Waals surface area contributed by atoms with Gasteiger partial charge in [-0.25, -0.2) is 0 Å². The molecule has 1 aliphatic carbocycles. The summed E-state index contributed by atoms with van der Waals surface area (Å²) in [7, 11) is 1.70. The first-order valence-electron chi connectivity index (χ1n) is 6.99. The van der Waals surface area contributed by atoms with Gasteiger partial charge < -0.3 is 14.3 Å². The summed E-state index contributed by atoms with van der Waals surface area (Å²) in [6.45, 7) is 2.34. The van der Waals surface area contributed by atoms with Crippen LogP contribution in [0.4, 0.5) is 0 Å². The summed E-state index contributed by atoms with van der Waals surface area (Å²) in [5.41, 5.74) is 2.19. The molecule has 2 atom stereocenters. The molecule has 0 bridgehead atoms. The highest BCUT2D eigenvalue weighted by Crippen LogP contribution is 2.37. The van der Waals surface area contributed by atoms with Gasteiger partial charge in [0.1, 0.15) is 11.3 Å². The number of para-hydroxylation sites is 1. The number of hydrogen-bond acceptors (Lipinski definition) is 2. The Morgan fingerprint density at radius 1 is 1.32 bits per heavy atom. The minimum atomic E-state index is 0.516. The largest absolute Gasteiger partial charge is 0.494 e. The van der Waals surface area contributed by atoms with E-state index in [1.165, 1.54) is 31.2 Å². The highest BCUT2D eigenvalue weighted by atomic mass is 32.1. The van der Waals surface area contributed by atoms with Crippen LogP contribution in [0.25, 0.3) is 11.0 Å². The smallest absolute Gasteiger partial charge is 0.178 e. The third kappa shape index (κ3) is 2.08. The lowest BCUT2D eigenvalue weighted by atomic mass is 9.85. The van der Waals surface area contributed by atoms with Crippen LogP contribution in [0.3, 0.4) is 0 Å². The summed E-state index contributed by atoms with van der Waals surface area (Å²) < 4.78 is 8.54. The predicted molar refractivity (Wildman–Crippen MR) is 80.3 cm³/mol. The van der Waals surface area contributed by atoms with E-state index in [0.717, 1.165) is 16.0 Å². The Morgan fingerprint density at radius 2 is 2.11 bits per heavy atom. The molecule has 1 aromatic heterocycles. The topological polar surface area (TPSA) is 29.9 Å². The fraction of sp³-hybridized carbons (Fsp3) is 0.533. The maximum atomic E-state index is 5.55. The fourth-order valence-electron chi connectivity index (χ4n) is 3.30. The summed E-state index contributed by atoms with van der Waals surface area (Å²) in [4.78, 5) is 3.32.